The zero-order valence-electron chi connectivity index (χ0n) is 13.4. The van der Waals surface area contributed by atoms with Crippen LogP contribution in [0.4, 0.5) is 5.00 Å². The van der Waals surface area contributed by atoms with Gasteiger partial charge in [-0.2, -0.15) is 0 Å². The van der Waals surface area contributed by atoms with Crippen LogP contribution in [0.2, 0.25) is 0 Å². The summed E-state index contributed by atoms with van der Waals surface area (Å²) in [6.07, 6.45) is 0. The fourth-order valence-corrected chi connectivity index (χ4v) is 2.79. The fraction of sp³-hybridized carbons (Fsp3) is 0.312. The Hall–Kier alpha value is -1.96. The first-order valence-corrected chi connectivity index (χ1v) is 8.13. The molecule has 6 nitrogen and oxygen atoms in total. The smallest absolute Gasteiger partial charge is 0.324 e. The van der Waals surface area contributed by atoms with Gasteiger partial charge in [-0.15, -0.1) is 12.4 Å². The molecule has 0 bridgehead atoms. The summed E-state index contributed by atoms with van der Waals surface area (Å²) in [5, 5.41) is 14.8. The average molecular weight is 370 g/mol. The van der Waals surface area contributed by atoms with Crippen LogP contribution in [-0.4, -0.2) is 17.4 Å². The van der Waals surface area contributed by atoms with Crippen LogP contribution >= 0.6 is 23.7 Å². The van der Waals surface area contributed by atoms with E-state index in [9.17, 15) is 14.9 Å². The second kappa shape index (κ2) is 8.77. The van der Waals surface area contributed by atoms with Gasteiger partial charge in [0.15, 0.2) is 0 Å². The Bertz CT molecular complexity index is 701. The highest BCUT2D eigenvalue weighted by molar-refractivity contribution is 7.13. The van der Waals surface area contributed by atoms with Gasteiger partial charge in [0.25, 0.3) is 5.91 Å². The third-order valence-corrected chi connectivity index (χ3v) is 4.42. The van der Waals surface area contributed by atoms with E-state index in [0.717, 1.165) is 16.9 Å². The Morgan fingerprint density at radius 1 is 1.29 bits per heavy atom. The van der Waals surface area contributed by atoms with Crippen LogP contribution in [0, 0.1) is 10.1 Å². The standard InChI is InChI=1S/C16H19N3O3S.ClH/c1-10(2)11-3-5-12(6-4-11)14(17)8-18-16(20)13-7-15(19(21)22)23-9-13;/h3-7,9-10,14H,8,17H2,1-2H3,(H,18,20);1H. The molecule has 0 saturated heterocycles. The lowest BCUT2D eigenvalue weighted by molar-refractivity contribution is -0.380. The molecule has 2 aromatic rings. The number of nitrogens with two attached hydrogens (primary N) is 1. The van der Waals surface area contributed by atoms with Crippen molar-refractivity contribution >= 4 is 34.7 Å². The first-order chi connectivity index (χ1) is 10.9. The van der Waals surface area contributed by atoms with E-state index in [1.54, 1.807) is 0 Å². The Balaban J connectivity index is 0.00000288. The van der Waals surface area contributed by atoms with E-state index in [0.29, 0.717) is 5.92 Å². The SMILES string of the molecule is CC(C)c1ccc(C(N)CNC(=O)c2csc([N+](=O)[O-])c2)cc1.Cl. The number of amides is 1. The van der Waals surface area contributed by atoms with Gasteiger partial charge in [0.2, 0.25) is 0 Å². The molecule has 0 aliphatic heterocycles. The van der Waals surface area contributed by atoms with Crippen molar-refractivity contribution in [2.75, 3.05) is 6.54 Å². The second-order valence-corrected chi connectivity index (χ2v) is 6.46. The highest BCUT2D eigenvalue weighted by Gasteiger charge is 2.16. The molecule has 2 rings (SSSR count). The minimum absolute atomic E-state index is 0. The molecule has 0 fully saturated rings. The second-order valence-electron chi connectivity index (χ2n) is 5.57. The van der Waals surface area contributed by atoms with Crippen LogP contribution in [0.3, 0.4) is 0 Å². The van der Waals surface area contributed by atoms with Crippen molar-refractivity contribution in [1.29, 1.82) is 0 Å². The molecule has 1 atom stereocenters. The molecule has 8 heteroatoms. The van der Waals surface area contributed by atoms with Gasteiger partial charge in [-0.05, 0) is 17.0 Å². The third kappa shape index (κ3) is 5.02. The summed E-state index contributed by atoms with van der Waals surface area (Å²) in [5.41, 5.74) is 8.53. The Kier molecular flexibility index (Phi) is 7.34. The van der Waals surface area contributed by atoms with Crippen molar-refractivity contribution in [1.82, 2.24) is 5.32 Å². The molecule has 1 aromatic carbocycles. The van der Waals surface area contributed by atoms with E-state index >= 15 is 0 Å². The van der Waals surface area contributed by atoms with Gasteiger partial charge in [0, 0.05) is 24.0 Å². The maximum atomic E-state index is 12.0. The molecule has 130 valence electrons. The maximum absolute atomic E-state index is 12.0. The van der Waals surface area contributed by atoms with Gasteiger partial charge in [0.05, 0.1) is 10.5 Å². The fourth-order valence-electron chi connectivity index (χ4n) is 2.09. The van der Waals surface area contributed by atoms with E-state index in [4.69, 9.17) is 5.73 Å². The summed E-state index contributed by atoms with van der Waals surface area (Å²) in [6.45, 7) is 4.51. The molecule has 0 saturated carbocycles. The Morgan fingerprint density at radius 3 is 2.38 bits per heavy atom. The van der Waals surface area contributed by atoms with Crippen molar-refractivity contribution in [3.05, 3.63) is 62.5 Å². The number of nitrogens with one attached hydrogen (secondary N) is 1. The zero-order valence-corrected chi connectivity index (χ0v) is 15.0. The molecule has 1 aromatic heterocycles. The summed E-state index contributed by atoms with van der Waals surface area (Å²) in [7, 11) is 0. The lowest BCUT2D eigenvalue weighted by atomic mass is 9.99. The van der Waals surface area contributed by atoms with Crippen LogP contribution in [0.1, 0.15) is 47.3 Å². The van der Waals surface area contributed by atoms with Crippen LogP contribution in [0.15, 0.2) is 35.7 Å². The van der Waals surface area contributed by atoms with Crippen LogP contribution in [0.25, 0.3) is 0 Å². The minimum Gasteiger partial charge on any atom is -0.350 e. The summed E-state index contributed by atoms with van der Waals surface area (Å²) in [6, 6.07) is 8.92. The predicted octanol–water partition coefficient (Wildman–Crippen LogP) is 3.63. The maximum Gasteiger partial charge on any atom is 0.324 e. The third-order valence-electron chi connectivity index (χ3n) is 3.54. The lowest BCUT2D eigenvalue weighted by Crippen LogP contribution is -2.31. The molecule has 1 heterocycles. The van der Waals surface area contributed by atoms with Gasteiger partial charge in [-0.1, -0.05) is 49.4 Å². The van der Waals surface area contributed by atoms with E-state index < -0.39 is 4.92 Å². The number of halogens is 1. The average Bonchev–Trinajstić information content (AvgIpc) is 3.02. The number of nitrogens with zero attached hydrogens (tertiary/aromatic N) is 1. The van der Waals surface area contributed by atoms with Gasteiger partial charge >= 0.3 is 5.00 Å². The molecular formula is C16H20ClN3O3S. The molecule has 0 aliphatic rings. The number of hydrogen-bond donors (Lipinski definition) is 2. The van der Waals surface area contributed by atoms with Gasteiger partial charge < -0.3 is 11.1 Å². The zero-order chi connectivity index (χ0) is 17.0. The van der Waals surface area contributed by atoms with Crippen molar-refractivity contribution in [3.8, 4) is 0 Å². The van der Waals surface area contributed by atoms with Crippen molar-refractivity contribution in [2.24, 2.45) is 5.73 Å². The van der Waals surface area contributed by atoms with Crippen LogP contribution in [-0.2, 0) is 0 Å². The number of rotatable bonds is 6. The lowest BCUT2D eigenvalue weighted by Gasteiger charge is -2.14. The van der Waals surface area contributed by atoms with Gasteiger partial charge in [0.1, 0.15) is 0 Å². The highest BCUT2D eigenvalue weighted by Crippen LogP contribution is 2.22. The van der Waals surface area contributed by atoms with E-state index in [1.165, 1.54) is 17.0 Å². The number of benzene rings is 1. The quantitative estimate of drug-likeness (QED) is 0.600. The van der Waals surface area contributed by atoms with Gasteiger partial charge in [-0.25, -0.2) is 0 Å². The Labute approximate surface area is 150 Å². The molecule has 3 N–H and O–H groups in total. The molecule has 0 radical (unpaired) electrons. The normalized spacial score (nSPS) is 11.7. The summed E-state index contributed by atoms with van der Waals surface area (Å²) < 4.78 is 0. The molecule has 0 spiro atoms. The van der Waals surface area contributed by atoms with Crippen molar-refractivity contribution < 1.29 is 9.72 Å². The number of carbonyl (C=O) groups is 1. The predicted molar refractivity (Wildman–Crippen MR) is 98.0 cm³/mol. The molecule has 1 unspecified atom stereocenters. The minimum atomic E-state index is -0.510. The summed E-state index contributed by atoms with van der Waals surface area (Å²) in [4.78, 5) is 22.1. The summed E-state index contributed by atoms with van der Waals surface area (Å²) >= 11 is 0.930. The van der Waals surface area contributed by atoms with Crippen LogP contribution in [0.5, 0.6) is 0 Å². The first-order valence-electron chi connectivity index (χ1n) is 7.25. The molecule has 1 amide bonds. The van der Waals surface area contributed by atoms with Crippen molar-refractivity contribution in [3.63, 3.8) is 0 Å². The number of carbonyl (C=O) groups excluding carboxylic acids is 1. The number of nitro groups is 1. The largest absolute Gasteiger partial charge is 0.350 e. The first kappa shape index (κ1) is 20.1. The summed E-state index contributed by atoms with van der Waals surface area (Å²) in [5.74, 6) is 0.0953. The molecule has 24 heavy (non-hydrogen) atoms. The van der Waals surface area contributed by atoms with Crippen LogP contribution < -0.4 is 11.1 Å². The number of hydrogen-bond acceptors (Lipinski definition) is 5. The monoisotopic (exact) mass is 369 g/mol. The van der Waals surface area contributed by atoms with E-state index in [2.05, 4.69) is 19.2 Å². The Morgan fingerprint density at radius 2 is 1.88 bits per heavy atom. The highest BCUT2D eigenvalue weighted by atomic mass is 35.5. The van der Waals surface area contributed by atoms with E-state index in [1.807, 2.05) is 24.3 Å². The topological polar surface area (TPSA) is 98.3 Å². The van der Waals surface area contributed by atoms with Crippen molar-refractivity contribution in [2.45, 2.75) is 25.8 Å². The van der Waals surface area contributed by atoms with E-state index in [-0.39, 0.29) is 41.5 Å². The molecule has 0 aliphatic carbocycles. The van der Waals surface area contributed by atoms with Gasteiger partial charge in [-0.3, -0.25) is 14.9 Å². The molecular weight excluding hydrogens is 350 g/mol. The number of thiophene rings is 1.